The first-order valence-corrected chi connectivity index (χ1v) is 5.82. The summed E-state index contributed by atoms with van der Waals surface area (Å²) in [5, 5.41) is 9.02. The number of carboxylic acid groups (broad SMARTS) is 1. The number of methoxy groups -OCH3 is 2. The second kappa shape index (κ2) is 5.61. The number of hydrogen-bond donors (Lipinski definition) is 1. The van der Waals surface area contributed by atoms with Crippen molar-refractivity contribution in [2.24, 2.45) is 0 Å². The van der Waals surface area contributed by atoms with Crippen molar-refractivity contribution in [3.63, 3.8) is 0 Å². The molecular formula is C15H13FO4. The Morgan fingerprint density at radius 2 is 1.80 bits per heavy atom. The maximum absolute atomic E-state index is 14.1. The zero-order chi connectivity index (χ0) is 14.7. The van der Waals surface area contributed by atoms with Crippen molar-refractivity contribution in [1.82, 2.24) is 0 Å². The number of aromatic carboxylic acids is 1. The lowest BCUT2D eigenvalue weighted by Crippen LogP contribution is -1.99. The molecule has 0 saturated heterocycles. The Labute approximate surface area is 115 Å². The first-order chi connectivity index (χ1) is 9.56. The Bertz CT molecular complexity index is 652. The van der Waals surface area contributed by atoms with Gasteiger partial charge in [-0.3, -0.25) is 0 Å². The molecule has 104 valence electrons. The molecule has 0 fully saturated rings. The van der Waals surface area contributed by atoms with Crippen molar-refractivity contribution in [2.75, 3.05) is 14.2 Å². The van der Waals surface area contributed by atoms with E-state index in [2.05, 4.69) is 0 Å². The van der Waals surface area contributed by atoms with Crippen molar-refractivity contribution < 1.29 is 23.8 Å². The molecule has 0 aromatic heterocycles. The Balaban J connectivity index is 2.60. The normalized spacial score (nSPS) is 10.2. The van der Waals surface area contributed by atoms with Gasteiger partial charge < -0.3 is 14.6 Å². The summed E-state index contributed by atoms with van der Waals surface area (Å²) >= 11 is 0. The van der Waals surface area contributed by atoms with Gasteiger partial charge in [0, 0.05) is 17.2 Å². The molecule has 0 aliphatic heterocycles. The molecule has 0 amide bonds. The number of ether oxygens (including phenoxy) is 2. The van der Waals surface area contributed by atoms with Crippen molar-refractivity contribution in [1.29, 1.82) is 0 Å². The second-order valence-electron chi connectivity index (χ2n) is 4.07. The smallest absolute Gasteiger partial charge is 0.335 e. The van der Waals surface area contributed by atoms with Crippen molar-refractivity contribution in [2.45, 2.75) is 0 Å². The van der Waals surface area contributed by atoms with Gasteiger partial charge in [-0.25, -0.2) is 9.18 Å². The Morgan fingerprint density at radius 3 is 2.35 bits per heavy atom. The molecular weight excluding hydrogens is 263 g/mol. The first kappa shape index (κ1) is 13.9. The molecule has 0 spiro atoms. The van der Waals surface area contributed by atoms with Crippen LogP contribution in [0.25, 0.3) is 11.1 Å². The molecule has 4 nitrogen and oxygen atoms in total. The molecule has 0 heterocycles. The van der Waals surface area contributed by atoms with Gasteiger partial charge in [0.2, 0.25) is 0 Å². The molecule has 2 aromatic rings. The standard InChI is InChI=1S/C15H13FO4/c1-19-10-4-5-11(13(16)8-10)12-7-9(15(17)18)3-6-14(12)20-2/h3-8H,1-2H3,(H,17,18). The fourth-order valence-electron chi connectivity index (χ4n) is 1.89. The van der Waals surface area contributed by atoms with Gasteiger partial charge in [0.1, 0.15) is 17.3 Å². The highest BCUT2D eigenvalue weighted by atomic mass is 19.1. The molecule has 20 heavy (non-hydrogen) atoms. The van der Waals surface area contributed by atoms with E-state index in [9.17, 15) is 9.18 Å². The van der Waals surface area contributed by atoms with E-state index in [0.29, 0.717) is 17.1 Å². The van der Waals surface area contributed by atoms with Crippen LogP contribution in [0, 0.1) is 5.82 Å². The molecule has 0 aliphatic rings. The molecule has 1 N–H and O–H groups in total. The Morgan fingerprint density at radius 1 is 1.05 bits per heavy atom. The van der Waals surface area contributed by atoms with Crippen molar-refractivity contribution in [3.8, 4) is 22.6 Å². The Kier molecular flexibility index (Phi) is 3.89. The van der Waals surface area contributed by atoms with Crippen molar-refractivity contribution in [3.05, 3.63) is 47.8 Å². The van der Waals surface area contributed by atoms with Crippen LogP contribution in [0.15, 0.2) is 36.4 Å². The number of benzene rings is 2. The maximum atomic E-state index is 14.1. The van der Waals surface area contributed by atoms with Gasteiger partial charge in [-0.15, -0.1) is 0 Å². The van der Waals surface area contributed by atoms with Crippen LogP contribution in [0.5, 0.6) is 11.5 Å². The lowest BCUT2D eigenvalue weighted by Gasteiger charge is -2.11. The topological polar surface area (TPSA) is 55.8 Å². The van der Waals surface area contributed by atoms with Gasteiger partial charge in [-0.05, 0) is 30.3 Å². The van der Waals surface area contributed by atoms with Gasteiger partial charge >= 0.3 is 5.97 Å². The average Bonchev–Trinajstić information content (AvgIpc) is 2.46. The summed E-state index contributed by atoms with van der Waals surface area (Å²) in [5.74, 6) is -0.799. The molecule has 0 radical (unpaired) electrons. The van der Waals surface area contributed by atoms with E-state index < -0.39 is 11.8 Å². The highest BCUT2D eigenvalue weighted by molar-refractivity contribution is 5.90. The molecule has 0 saturated carbocycles. The van der Waals surface area contributed by atoms with Crippen LogP contribution in [0.3, 0.4) is 0 Å². The van der Waals surface area contributed by atoms with Gasteiger partial charge in [0.05, 0.1) is 19.8 Å². The minimum Gasteiger partial charge on any atom is -0.497 e. The Hall–Kier alpha value is -2.56. The van der Waals surface area contributed by atoms with Crippen LogP contribution in [0.2, 0.25) is 0 Å². The largest absolute Gasteiger partial charge is 0.497 e. The predicted molar refractivity (Wildman–Crippen MR) is 71.9 cm³/mol. The summed E-state index contributed by atoms with van der Waals surface area (Å²) in [6, 6.07) is 8.66. The van der Waals surface area contributed by atoms with Crippen LogP contribution in [-0.4, -0.2) is 25.3 Å². The number of hydrogen-bond acceptors (Lipinski definition) is 3. The minimum atomic E-state index is -1.08. The van der Waals surface area contributed by atoms with E-state index in [0.717, 1.165) is 0 Å². The summed E-state index contributed by atoms with van der Waals surface area (Å²) in [7, 11) is 2.89. The van der Waals surface area contributed by atoms with E-state index in [-0.39, 0.29) is 11.1 Å². The van der Waals surface area contributed by atoms with E-state index >= 15 is 0 Å². The highest BCUT2D eigenvalue weighted by Crippen LogP contribution is 2.34. The molecule has 5 heteroatoms. The van der Waals surface area contributed by atoms with E-state index in [1.54, 1.807) is 6.07 Å². The van der Waals surface area contributed by atoms with Crippen LogP contribution < -0.4 is 9.47 Å². The predicted octanol–water partition coefficient (Wildman–Crippen LogP) is 3.21. The monoisotopic (exact) mass is 276 g/mol. The highest BCUT2D eigenvalue weighted by Gasteiger charge is 2.14. The average molecular weight is 276 g/mol. The van der Waals surface area contributed by atoms with Crippen LogP contribution in [0.1, 0.15) is 10.4 Å². The third-order valence-electron chi connectivity index (χ3n) is 2.91. The van der Waals surface area contributed by atoms with Gasteiger partial charge in [-0.1, -0.05) is 0 Å². The lowest BCUT2D eigenvalue weighted by atomic mass is 10.0. The SMILES string of the molecule is COc1ccc(-c2cc(C(=O)O)ccc2OC)c(F)c1. The van der Waals surface area contributed by atoms with E-state index in [4.69, 9.17) is 14.6 Å². The number of carboxylic acids is 1. The first-order valence-electron chi connectivity index (χ1n) is 5.82. The molecule has 0 atom stereocenters. The van der Waals surface area contributed by atoms with E-state index in [1.807, 2.05) is 0 Å². The molecule has 0 unspecified atom stereocenters. The van der Waals surface area contributed by atoms with Gasteiger partial charge in [0.15, 0.2) is 0 Å². The van der Waals surface area contributed by atoms with E-state index in [1.165, 1.54) is 44.6 Å². The molecule has 0 aliphatic carbocycles. The van der Waals surface area contributed by atoms with Crippen molar-refractivity contribution >= 4 is 5.97 Å². The summed E-state index contributed by atoms with van der Waals surface area (Å²) < 4.78 is 24.2. The van der Waals surface area contributed by atoms with Crippen LogP contribution >= 0.6 is 0 Å². The zero-order valence-corrected chi connectivity index (χ0v) is 11.0. The quantitative estimate of drug-likeness (QED) is 0.931. The fourth-order valence-corrected chi connectivity index (χ4v) is 1.89. The third-order valence-corrected chi connectivity index (χ3v) is 2.91. The van der Waals surface area contributed by atoms with Gasteiger partial charge in [-0.2, -0.15) is 0 Å². The number of carbonyl (C=O) groups is 1. The third kappa shape index (κ3) is 2.56. The number of halogens is 1. The second-order valence-corrected chi connectivity index (χ2v) is 4.07. The molecule has 2 aromatic carbocycles. The van der Waals surface area contributed by atoms with Gasteiger partial charge in [0.25, 0.3) is 0 Å². The molecule has 0 bridgehead atoms. The summed E-state index contributed by atoms with van der Waals surface area (Å²) in [6.45, 7) is 0. The fraction of sp³-hybridized carbons (Fsp3) is 0.133. The number of rotatable bonds is 4. The zero-order valence-electron chi connectivity index (χ0n) is 11.0. The van der Waals surface area contributed by atoms with Crippen LogP contribution in [0.4, 0.5) is 4.39 Å². The summed E-state index contributed by atoms with van der Waals surface area (Å²) in [6.07, 6.45) is 0. The molecule has 2 rings (SSSR count). The maximum Gasteiger partial charge on any atom is 0.335 e. The minimum absolute atomic E-state index is 0.0658. The lowest BCUT2D eigenvalue weighted by molar-refractivity contribution is 0.0697. The summed E-state index contributed by atoms with van der Waals surface area (Å²) in [4.78, 5) is 11.0. The summed E-state index contributed by atoms with van der Waals surface area (Å²) in [5.41, 5.74) is 0.703. The van der Waals surface area contributed by atoms with Crippen LogP contribution in [-0.2, 0) is 0 Å².